The maximum atomic E-state index is 14.0. The summed E-state index contributed by atoms with van der Waals surface area (Å²) in [5.41, 5.74) is 0.124. The third-order valence-corrected chi connectivity index (χ3v) is 5.78. The Morgan fingerprint density at radius 3 is 2.76 bits per heavy atom. The van der Waals surface area contributed by atoms with Gasteiger partial charge in [-0.2, -0.15) is 0 Å². The van der Waals surface area contributed by atoms with Gasteiger partial charge in [0.2, 0.25) is 10.0 Å². The first-order valence-electron chi connectivity index (χ1n) is 7.60. The highest BCUT2D eigenvalue weighted by atomic mass is 32.2. The lowest BCUT2D eigenvalue weighted by molar-refractivity contribution is 0.0754. The van der Waals surface area contributed by atoms with Crippen LogP contribution in [0.4, 0.5) is 4.39 Å². The van der Waals surface area contributed by atoms with Crippen molar-refractivity contribution in [1.82, 2.24) is 9.62 Å². The predicted octanol–water partition coefficient (Wildman–Crippen LogP) is 3.01. The van der Waals surface area contributed by atoms with Gasteiger partial charge in [0.15, 0.2) is 0 Å². The number of nitrogens with one attached hydrogen (secondary N) is 1. The highest BCUT2D eigenvalue weighted by Gasteiger charge is 2.22. The van der Waals surface area contributed by atoms with E-state index in [-0.39, 0.29) is 18.0 Å². The van der Waals surface area contributed by atoms with Crippen molar-refractivity contribution in [3.63, 3.8) is 0 Å². The fraction of sp³-hybridized carbons (Fsp3) is 0.235. The molecule has 0 atom stereocenters. The summed E-state index contributed by atoms with van der Waals surface area (Å²) < 4.78 is 40.5. The van der Waals surface area contributed by atoms with Crippen molar-refractivity contribution in [3.8, 4) is 0 Å². The van der Waals surface area contributed by atoms with Crippen LogP contribution in [0.1, 0.15) is 22.2 Å². The number of halogens is 1. The lowest BCUT2D eigenvalue weighted by Crippen LogP contribution is -2.30. The quantitative estimate of drug-likeness (QED) is 0.714. The van der Waals surface area contributed by atoms with Crippen molar-refractivity contribution >= 4 is 27.3 Å². The zero-order valence-electron chi connectivity index (χ0n) is 13.7. The Hall–Kier alpha value is -2.03. The normalized spacial score (nSPS) is 11.3. The number of benzene rings is 1. The molecule has 0 radical (unpaired) electrons. The zero-order chi connectivity index (χ0) is 18.4. The fourth-order valence-electron chi connectivity index (χ4n) is 2.19. The van der Waals surface area contributed by atoms with Crippen molar-refractivity contribution in [2.75, 3.05) is 13.1 Å². The first-order valence-corrected chi connectivity index (χ1v) is 9.97. The lowest BCUT2D eigenvalue weighted by atomic mass is 10.2. The number of sulfonamides is 1. The summed E-state index contributed by atoms with van der Waals surface area (Å²) in [6.45, 7) is 6.09. The van der Waals surface area contributed by atoms with E-state index in [9.17, 15) is 17.6 Å². The molecule has 0 fully saturated rings. The van der Waals surface area contributed by atoms with Crippen molar-refractivity contribution < 1.29 is 17.6 Å². The van der Waals surface area contributed by atoms with Crippen molar-refractivity contribution in [3.05, 3.63) is 64.6 Å². The smallest absolute Gasteiger partial charge is 0.254 e. The van der Waals surface area contributed by atoms with Gasteiger partial charge in [0.05, 0.1) is 6.54 Å². The van der Waals surface area contributed by atoms with Crippen LogP contribution in [0.25, 0.3) is 0 Å². The number of hydrogen-bond donors (Lipinski definition) is 1. The highest BCUT2D eigenvalue weighted by molar-refractivity contribution is 7.89. The second kappa shape index (κ2) is 8.37. The highest BCUT2D eigenvalue weighted by Crippen LogP contribution is 2.19. The van der Waals surface area contributed by atoms with Gasteiger partial charge in [-0.15, -0.1) is 17.9 Å². The molecule has 1 N–H and O–H groups in total. The number of rotatable bonds is 8. The first kappa shape index (κ1) is 19.3. The Morgan fingerprint density at radius 2 is 2.16 bits per heavy atom. The van der Waals surface area contributed by atoms with E-state index in [1.807, 2.05) is 24.4 Å². The molecule has 5 nitrogen and oxygen atoms in total. The Balaban J connectivity index is 2.30. The molecule has 8 heteroatoms. The number of amides is 1. The average molecular weight is 382 g/mol. The largest absolute Gasteiger partial charge is 0.334 e. The summed E-state index contributed by atoms with van der Waals surface area (Å²) >= 11 is 1.53. The van der Waals surface area contributed by atoms with E-state index in [1.54, 1.807) is 4.90 Å². The van der Waals surface area contributed by atoms with Crippen LogP contribution < -0.4 is 4.72 Å². The van der Waals surface area contributed by atoms with Crippen LogP contribution in [-0.4, -0.2) is 32.3 Å². The summed E-state index contributed by atoms with van der Waals surface area (Å²) in [6.07, 6.45) is 1.35. The predicted molar refractivity (Wildman–Crippen MR) is 96.5 cm³/mol. The molecule has 0 spiro atoms. The van der Waals surface area contributed by atoms with Crippen LogP contribution in [-0.2, 0) is 16.6 Å². The third kappa shape index (κ3) is 4.75. The van der Waals surface area contributed by atoms with Crippen molar-refractivity contribution in [1.29, 1.82) is 0 Å². The fourth-order valence-corrected chi connectivity index (χ4v) is 4.01. The Bertz CT molecular complexity index is 849. The standard InChI is InChI=1S/C17H19FN2O3S2/c1-3-9-19-25(22,23)16-11-13(7-8-15(16)18)17(21)20(4-2)12-14-6-5-10-24-14/h3,5-8,10-11,19H,1,4,9,12H2,2H3. The van der Waals surface area contributed by atoms with Gasteiger partial charge in [-0.05, 0) is 36.6 Å². The van der Waals surface area contributed by atoms with Crippen molar-refractivity contribution in [2.45, 2.75) is 18.4 Å². The number of thiophene rings is 1. The molecule has 0 saturated carbocycles. The maximum absolute atomic E-state index is 14.0. The summed E-state index contributed by atoms with van der Waals surface area (Å²) in [7, 11) is -4.06. The molecular formula is C17H19FN2O3S2. The number of carbonyl (C=O) groups is 1. The van der Waals surface area contributed by atoms with E-state index in [2.05, 4.69) is 11.3 Å². The van der Waals surface area contributed by atoms with Crippen molar-refractivity contribution in [2.24, 2.45) is 0 Å². The van der Waals surface area contributed by atoms with Crippen LogP contribution in [0.5, 0.6) is 0 Å². The van der Waals surface area contributed by atoms with Crippen LogP contribution >= 0.6 is 11.3 Å². The molecule has 134 valence electrons. The molecular weight excluding hydrogens is 363 g/mol. The van der Waals surface area contributed by atoms with E-state index in [4.69, 9.17) is 0 Å². The lowest BCUT2D eigenvalue weighted by Gasteiger charge is -2.20. The molecule has 2 rings (SSSR count). The van der Waals surface area contributed by atoms with Gasteiger partial charge in [0, 0.05) is 23.5 Å². The van der Waals surface area contributed by atoms with E-state index in [1.165, 1.54) is 23.5 Å². The summed E-state index contributed by atoms with van der Waals surface area (Å²) in [5, 5.41) is 1.92. The van der Waals surface area contributed by atoms with E-state index >= 15 is 0 Å². The molecule has 25 heavy (non-hydrogen) atoms. The monoisotopic (exact) mass is 382 g/mol. The van der Waals surface area contributed by atoms with Crippen LogP contribution in [0.15, 0.2) is 53.3 Å². The number of carbonyl (C=O) groups excluding carboxylic acids is 1. The molecule has 1 aromatic heterocycles. The second-order valence-corrected chi connectivity index (χ2v) is 7.95. The molecule has 0 unspecified atom stereocenters. The Morgan fingerprint density at radius 1 is 1.40 bits per heavy atom. The third-order valence-electron chi connectivity index (χ3n) is 3.48. The minimum atomic E-state index is -4.06. The molecule has 1 aromatic carbocycles. The van der Waals surface area contributed by atoms with E-state index in [0.717, 1.165) is 17.0 Å². The second-order valence-electron chi connectivity index (χ2n) is 5.18. The summed E-state index contributed by atoms with van der Waals surface area (Å²) in [4.78, 5) is 14.7. The van der Waals surface area contributed by atoms with E-state index < -0.39 is 20.7 Å². The molecule has 0 bridgehead atoms. The topological polar surface area (TPSA) is 66.5 Å². The average Bonchev–Trinajstić information content (AvgIpc) is 3.10. The van der Waals surface area contributed by atoms with E-state index in [0.29, 0.717) is 13.1 Å². The SMILES string of the molecule is C=CCNS(=O)(=O)c1cc(C(=O)N(CC)Cc2cccs2)ccc1F. The number of nitrogens with zero attached hydrogens (tertiary/aromatic N) is 1. The zero-order valence-corrected chi connectivity index (χ0v) is 15.4. The molecule has 0 aliphatic rings. The molecule has 0 saturated heterocycles. The van der Waals surface area contributed by atoms with Crippen LogP contribution in [0, 0.1) is 5.82 Å². The van der Waals surface area contributed by atoms with Gasteiger partial charge in [-0.25, -0.2) is 17.5 Å². The molecule has 1 amide bonds. The van der Waals surface area contributed by atoms with Crippen LogP contribution in [0.2, 0.25) is 0 Å². The van der Waals surface area contributed by atoms with Gasteiger partial charge in [0.25, 0.3) is 5.91 Å². The number of hydrogen-bond acceptors (Lipinski definition) is 4. The molecule has 0 aliphatic carbocycles. The minimum absolute atomic E-state index is 0.0284. The van der Waals surface area contributed by atoms with Gasteiger partial charge in [-0.1, -0.05) is 12.1 Å². The molecule has 0 aliphatic heterocycles. The van der Waals surface area contributed by atoms with Gasteiger partial charge < -0.3 is 4.90 Å². The molecule has 2 aromatic rings. The van der Waals surface area contributed by atoms with Gasteiger partial charge in [0.1, 0.15) is 10.7 Å². The summed E-state index contributed by atoms with van der Waals surface area (Å²) in [6, 6.07) is 7.17. The van der Waals surface area contributed by atoms with Gasteiger partial charge in [-0.3, -0.25) is 4.79 Å². The molecule has 1 heterocycles. The Labute approximate surface area is 150 Å². The summed E-state index contributed by atoms with van der Waals surface area (Å²) in [5.74, 6) is -1.26. The maximum Gasteiger partial charge on any atom is 0.254 e. The minimum Gasteiger partial charge on any atom is -0.334 e. The first-order chi connectivity index (χ1) is 11.9. The van der Waals surface area contributed by atoms with Crippen LogP contribution in [0.3, 0.4) is 0 Å². The van der Waals surface area contributed by atoms with Gasteiger partial charge >= 0.3 is 0 Å². The Kier molecular flexibility index (Phi) is 6.46.